The molecule has 0 aromatic carbocycles. The van der Waals surface area contributed by atoms with Crippen molar-refractivity contribution in [3.63, 3.8) is 0 Å². The summed E-state index contributed by atoms with van der Waals surface area (Å²) in [6.45, 7) is 5.59. The minimum absolute atomic E-state index is 0.272. The zero-order chi connectivity index (χ0) is 9.61. The molecule has 1 N–H and O–H groups in total. The normalized spacial score (nSPS) is 10.9. The maximum atomic E-state index is 10.9. The van der Waals surface area contributed by atoms with Gasteiger partial charge in [0.1, 0.15) is 0 Å². The van der Waals surface area contributed by atoms with E-state index in [9.17, 15) is 9.59 Å². The molecule has 66 valence electrons. The van der Waals surface area contributed by atoms with Crippen molar-refractivity contribution in [2.75, 3.05) is 0 Å². The number of nitrogens with zero attached hydrogens (tertiary/aromatic N) is 1. The molecule has 12 heavy (non-hydrogen) atoms. The second kappa shape index (κ2) is 4.46. The smallest absolute Gasteiger partial charge is 0.245 e. The molecule has 0 unspecified atom stereocenters. The molecule has 0 atom stereocenters. The highest BCUT2D eigenvalue weighted by Gasteiger charge is 2.10. The second-order valence-electron chi connectivity index (χ2n) is 3.28. The van der Waals surface area contributed by atoms with Gasteiger partial charge in [-0.05, 0) is 20.8 Å². The SMILES string of the molecule is CC(C)(C)NC(=O)/C=C/N=C=O. The van der Waals surface area contributed by atoms with Crippen molar-refractivity contribution in [2.45, 2.75) is 26.3 Å². The summed E-state index contributed by atoms with van der Waals surface area (Å²) in [4.78, 5) is 23.6. The van der Waals surface area contributed by atoms with Crippen molar-refractivity contribution < 1.29 is 9.59 Å². The maximum absolute atomic E-state index is 10.9. The van der Waals surface area contributed by atoms with Gasteiger partial charge in [0.25, 0.3) is 0 Å². The lowest BCUT2D eigenvalue weighted by Crippen LogP contribution is -2.39. The number of carbonyl (C=O) groups excluding carboxylic acids is 2. The van der Waals surface area contributed by atoms with E-state index in [1.807, 2.05) is 20.8 Å². The largest absolute Gasteiger partial charge is 0.348 e. The maximum Gasteiger partial charge on any atom is 0.245 e. The molecule has 0 saturated heterocycles. The van der Waals surface area contributed by atoms with Crippen LogP contribution in [0.2, 0.25) is 0 Å². The van der Waals surface area contributed by atoms with Gasteiger partial charge in [0.15, 0.2) is 0 Å². The molecule has 0 radical (unpaired) electrons. The molecule has 0 aliphatic heterocycles. The lowest BCUT2D eigenvalue weighted by Gasteiger charge is -2.18. The standard InChI is InChI=1S/C8H12N2O2/c1-8(2,3)10-7(12)4-5-9-6-11/h4-5H,1-3H3,(H,10,12)/b5-4+. The summed E-state index contributed by atoms with van der Waals surface area (Å²) >= 11 is 0. The van der Waals surface area contributed by atoms with E-state index in [0.717, 1.165) is 6.20 Å². The Morgan fingerprint density at radius 1 is 1.50 bits per heavy atom. The summed E-state index contributed by atoms with van der Waals surface area (Å²) in [5, 5.41) is 2.66. The number of rotatable bonds is 2. The van der Waals surface area contributed by atoms with Crippen molar-refractivity contribution in [1.82, 2.24) is 5.32 Å². The third-order valence-corrected chi connectivity index (χ3v) is 0.851. The van der Waals surface area contributed by atoms with Crippen LogP contribution in [0, 0.1) is 0 Å². The molecule has 4 heteroatoms. The Balaban J connectivity index is 3.99. The first kappa shape index (κ1) is 10.6. The quantitative estimate of drug-likeness (QED) is 0.376. The van der Waals surface area contributed by atoms with Gasteiger partial charge in [-0.25, -0.2) is 4.79 Å². The molecule has 0 aromatic rings. The van der Waals surface area contributed by atoms with Crippen LogP contribution >= 0.6 is 0 Å². The summed E-state index contributed by atoms with van der Waals surface area (Å²) in [6, 6.07) is 0. The van der Waals surface area contributed by atoms with E-state index in [2.05, 4.69) is 10.3 Å². The Bertz CT molecular complexity index is 232. The third kappa shape index (κ3) is 6.71. The van der Waals surface area contributed by atoms with Gasteiger partial charge in [-0.15, -0.1) is 0 Å². The molecule has 0 spiro atoms. The number of aliphatic imine (C=N–C) groups is 1. The fourth-order valence-corrected chi connectivity index (χ4v) is 0.547. The third-order valence-electron chi connectivity index (χ3n) is 0.851. The Hall–Kier alpha value is -1.41. The fraction of sp³-hybridized carbons (Fsp3) is 0.500. The van der Waals surface area contributed by atoms with Crippen LogP contribution in [-0.4, -0.2) is 17.5 Å². The highest BCUT2D eigenvalue weighted by Crippen LogP contribution is 1.97. The summed E-state index contributed by atoms with van der Waals surface area (Å²) < 4.78 is 0. The fourth-order valence-electron chi connectivity index (χ4n) is 0.547. The van der Waals surface area contributed by atoms with Crippen LogP contribution in [0.4, 0.5) is 0 Å². The summed E-state index contributed by atoms with van der Waals surface area (Å²) in [7, 11) is 0. The van der Waals surface area contributed by atoms with Crippen LogP contribution in [-0.2, 0) is 9.59 Å². The van der Waals surface area contributed by atoms with Crippen LogP contribution in [0.1, 0.15) is 20.8 Å². The van der Waals surface area contributed by atoms with Gasteiger partial charge in [-0.2, -0.15) is 4.99 Å². The predicted molar refractivity (Wildman–Crippen MR) is 45.2 cm³/mol. The Morgan fingerprint density at radius 3 is 2.50 bits per heavy atom. The average molecular weight is 168 g/mol. The lowest BCUT2D eigenvalue weighted by molar-refractivity contribution is -0.117. The first-order chi connectivity index (χ1) is 5.45. The first-order valence-corrected chi connectivity index (χ1v) is 3.51. The van der Waals surface area contributed by atoms with Gasteiger partial charge in [-0.1, -0.05) is 0 Å². The van der Waals surface area contributed by atoms with Gasteiger partial charge in [0.05, 0.1) is 0 Å². The minimum Gasteiger partial charge on any atom is -0.348 e. The number of carbonyl (C=O) groups is 1. The van der Waals surface area contributed by atoms with Crippen LogP contribution in [0.25, 0.3) is 0 Å². The molecule has 0 aliphatic rings. The van der Waals surface area contributed by atoms with Gasteiger partial charge >= 0.3 is 0 Å². The van der Waals surface area contributed by atoms with E-state index < -0.39 is 0 Å². The van der Waals surface area contributed by atoms with E-state index in [1.165, 1.54) is 12.2 Å². The number of hydrogen-bond donors (Lipinski definition) is 1. The second-order valence-corrected chi connectivity index (χ2v) is 3.28. The van der Waals surface area contributed by atoms with E-state index >= 15 is 0 Å². The molecule has 0 fully saturated rings. The molecular weight excluding hydrogens is 156 g/mol. The molecule has 0 saturated carbocycles. The van der Waals surface area contributed by atoms with Gasteiger partial charge in [0.2, 0.25) is 12.0 Å². The molecule has 1 amide bonds. The lowest BCUT2D eigenvalue weighted by atomic mass is 10.1. The minimum atomic E-state index is -0.276. The van der Waals surface area contributed by atoms with E-state index in [1.54, 1.807) is 0 Å². The van der Waals surface area contributed by atoms with Crippen molar-refractivity contribution in [3.05, 3.63) is 12.3 Å². The number of nitrogens with one attached hydrogen (secondary N) is 1. The van der Waals surface area contributed by atoms with Gasteiger partial charge in [0, 0.05) is 17.8 Å². The monoisotopic (exact) mass is 168 g/mol. The average Bonchev–Trinajstić information content (AvgIpc) is 1.84. The Morgan fingerprint density at radius 2 is 2.08 bits per heavy atom. The van der Waals surface area contributed by atoms with Gasteiger partial charge < -0.3 is 5.32 Å². The van der Waals surface area contributed by atoms with E-state index in [0.29, 0.717) is 0 Å². The van der Waals surface area contributed by atoms with Crippen LogP contribution in [0.3, 0.4) is 0 Å². The molecule has 0 aliphatic carbocycles. The first-order valence-electron chi connectivity index (χ1n) is 3.51. The topological polar surface area (TPSA) is 58.5 Å². The van der Waals surface area contributed by atoms with Crippen LogP contribution in [0.15, 0.2) is 17.3 Å². The van der Waals surface area contributed by atoms with Crippen molar-refractivity contribution in [3.8, 4) is 0 Å². The van der Waals surface area contributed by atoms with Crippen LogP contribution in [0.5, 0.6) is 0 Å². The molecule has 4 nitrogen and oxygen atoms in total. The highest BCUT2D eigenvalue weighted by molar-refractivity contribution is 5.87. The van der Waals surface area contributed by atoms with Gasteiger partial charge in [-0.3, -0.25) is 4.79 Å². The predicted octanol–water partition coefficient (Wildman–Crippen LogP) is 0.751. The zero-order valence-corrected chi connectivity index (χ0v) is 7.42. The highest BCUT2D eigenvalue weighted by atomic mass is 16.1. The number of amides is 1. The number of isocyanates is 1. The van der Waals surface area contributed by atoms with E-state index in [4.69, 9.17) is 0 Å². The Labute approximate surface area is 71.4 Å². The summed E-state index contributed by atoms with van der Waals surface area (Å²) in [6.07, 6.45) is 3.58. The molecule has 0 bridgehead atoms. The zero-order valence-electron chi connectivity index (χ0n) is 7.42. The molecular formula is C8H12N2O2. The summed E-state index contributed by atoms with van der Waals surface area (Å²) in [5.74, 6) is -0.276. The summed E-state index contributed by atoms with van der Waals surface area (Å²) in [5.41, 5.74) is -0.272. The van der Waals surface area contributed by atoms with E-state index in [-0.39, 0.29) is 11.4 Å². The van der Waals surface area contributed by atoms with Crippen molar-refractivity contribution >= 4 is 12.0 Å². The van der Waals surface area contributed by atoms with Crippen molar-refractivity contribution in [1.29, 1.82) is 0 Å². The van der Waals surface area contributed by atoms with Crippen LogP contribution < -0.4 is 5.32 Å². The number of hydrogen-bond acceptors (Lipinski definition) is 3. The molecule has 0 rings (SSSR count). The molecule has 0 heterocycles. The Kier molecular flexibility index (Phi) is 3.94. The molecule has 0 aromatic heterocycles. The van der Waals surface area contributed by atoms with Crippen molar-refractivity contribution in [2.24, 2.45) is 4.99 Å².